The third kappa shape index (κ3) is 2.50. The van der Waals surface area contributed by atoms with E-state index in [0.717, 1.165) is 10.2 Å². The largest absolute Gasteiger partial charge is 0.481 e. The average Bonchev–Trinajstić information content (AvgIpc) is 2.61. The lowest BCUT2D eigenvalue weighted by Crippen LogP contribution is -2.01. The predicted molar refractivity (Wildman–Crippen MR) is 67.6 cm³/mol. The van der Waals surface area contributed by atoms with Crippen LogP contribution in [0.25, 0.3) is 5.69 Å². The molecule has 6 heteroatoms. The van der Waals surface area contributed by atoms with Crippen LogP contribution in [0.1, 0.15) is 5.56 Å². The molecule has 17 heavy (non-hydrogen) atoms. The summed E-state index contributed by atoms with van der Waals surface area (Å²) in [5.41, 5.74) is 1.27. The van der Waals surface area contributed by atoms with Crippen molar-refractivity contribution in [3.63, 3.8) is 0 Å². The number of carbonyl (C=O) groups is 1. The molecule has 0 spiro atoms. The van der Waals surface area contributed by atoms with Gasteiger partial charge in [0.1, 0.15) is 5.15 Å². The van der Waals surface area contributed by atoms with Crippen LogP contribution >= 0.6 is 27.5 Å². The Hall–Kier alpha value is -1.33. The first kappa shape index (κ1) is 12.1. The number of carboxylic acid groups (broad SMARTS) is 1. The van der Waals surface area contributed by atoms with Crippen LogP contribution in [-0.4, -0.2) is 20.9 Å². The number of benzene rings is 1. The van der Waals surface area contributed by atoms with Crippen LogP contribution in [0.2, 0.25) is 5.15 Å². The summed E-state index contributed by atoms with van der Waals surface area (Å²) in [6.07, 6.45) is 1.33. The van der Waals surface area contributed by atoms with E-state index in [1.807, 2.05) is 24.3 Å². The van der Waals surface area contributed by atoms with Crippen molar-refractivity contribution in [1.29, 1.82) is 0 Å². The van der Waals surface area contributed by atoms with Crippen molar-refractivity contribution in [2.75, 3.05) is 0 Å². The second-order valence-corrected chi connectivity index (χ2v) is 4.61. The Morgan fingerprint density at radius 1 is 1.47 bits per heavy atom. The molecule has 0 saturated carbocycles. The van der Waals surface area contributed by atoms with Gasteiger partial charge in [0.05, 0.1) is 18.3 Å². The van der Waals surface area contributed by atoms with Gasteiger partial charge in [0.15, 0.2) is 0 Å². The lowest BCUT2D eigenvalue weighted by molar-refractivity contribution is -0.136. The molecule has 0 radical (unpaired) electrons. The van der Waals surface area contributed by atoms with E-state index in [4.69, 9.17) is 16.7 Å². The van der Waals surface area contributed by atoms with Crippen molar-refractivity contribution in [2.45, 2.75) is 6.42 Å². The summed E-state index contributed by atoms with van der Waals surface area (Å²) in [7, 11) is 0. The van der Waals surface area contributed by atoms with E-state index >= 15 is 0 Å². The molecule has 2 aromatic rings. The molecule has 0 aliphatic rings. The van der Waals surface area contributed by atoms with Crippen LogP contribution in [0.15, 0.2) is 34.9 Å². The van der Waals surface area contributed by atoms with Crippen LogP contribution in [-0.2, 0) is 11.2 Å². The van der Waals surface area contributed by atoms with Crippen molar-refractivity contribution in [3.8, 4) is 5.69 Å². The van der Waals surface area contributed by atoms with Crippen molar-refractivity contribution in [1.82, 2.24) is 9.78 Å². The van der Waals surface area contributed by atoms with Gasteiger partial charge in [-0.25, -0.2) is 4.68 Å². The van der Waals surface area contributed by atoms with Gasteiger partial charge in [-0.15, -0.1) is 0 Å². The lowest BCUT2D eigenvalue weighted by atomic mass is 10.2. The van der Waals surface area contributed by atoms with Crippen molar-refractivity contribution in [3.05, 3.63) is 45.7 Å². The number of aliphatic carboxylic acids is 1. The number of hydrogen-bond acceptors (Lipinski definition) is 2. The minimum Gasteiger partial charge on any atom is -0.481 e. The molecule has 0 saturated heterocycles. The topological polar surface area (TPSA) is 55.1 Å². The van der Waals surface area contributed by atoms with Gasteiger partial charge < -0.3 is 5.11 Å². The normalized spacial score (nSPS) is 10.5. The molecule has 1 N–H and O–H groups in total. The van der Waals surface area contributed by atoms with Crippen LogP contribution < -0.4 is 0 Å². The van der Waals surface area contributed by atoms with Crippen molar-refractivity contribution in [2.24, 2.45) is 0 Å². The molecule has 2 rings (SSSR count). The van der Waals surface area contributed by atoms with Crippen molar-refractivity contribution < 1.29 is 9.90 Å². The zero-order chi connectivity index (χ0) is 12.4. The Kier molecular flexibility index (Phi) is 3.49. The summed E-state index contributed by atoms with van der Waals surface area (Å²) in [6, 6.07) is 7.44. The fourth-order valence-electron chi connectivity index (χ4n) is 1.44. The third-order valence-corrected chi connectivity index (χ3v) is 3.28. The minimum atomic E-state index is -0.932. The quantitative estimate of drug-likeness (QED) is 0.947. The minimum absolute atomic E-state index is 0.136. The highest BCUT2D eigenvalue weighted by Crippen LogP contribution is 2.25. The summed E-state index contributed by atoms with van der Waals surface area (Å²) in [4.78, 5) is 10.6. The first-order valence-electron chi connectivity index (χ1n) is 4.78. The summed E-state index contributed by atoms with van der Waals surface area (Å²) in [6.45, 7) is 0. The predicted octanol–water partition coefficient (Wildman–Crippen LogP) is 2.92. The Labute approximate surface area is 111 Å². The van der Waals surface area contributed by atoms with Gasteiger partial charge in [0.25, 0.3) is 0 Å². The van der Waals surface area contributed by atoms with Gasteiger partial charge in [0, 0.05) is 10.0 Å². The maximum atomic E-state index is 10.6. The van der Waals surface area contributed by atoms with E-state index < -0.39 is 5.97 Å². The molecule has 1 heterocycles. The molecule has 0 bridgehead atoms. The molecule has 0 atom stereocenters. The highest BCUT2D eigenvalue weighted by Gasteiger charge is 2.13. The monoisotopic (exact) mass is 314 g/mol. The van der Waals surface area contributed by atoms with Gasteiger partial charge in [0.2, 0.25) is 0 Å². The number of rotatable bonds is 3. The van der Waals surface area contributed by atoms with Crippen LogP contribution in [0, 0.1) is 0 Å². The summed E-state index contributed by atoms with van der Waals surface area (Å²) in [5, 5.41) is 13.1. The van der Waals surface area contributed by atoms with Crippen LogP contribution in [0.3, 0.4) is 0 Å². The number of carboxylic acids is 1. The smallest absolute Gasteiger partial charge is 0.307 e. The SMILES string of the molecule is O=C(O)Cc1cnn(-c2ccccc2Br)c1Cl. The average molecular weight is 316 g/mol. The molecule has 0 fully saturated rings. The Morgan fingerprint density at radius 2 is 2.18 bits per heavy atom. The molecule has 4 nitrogen and oxygen atoms in total. The van der Waals surface area contributed by atoms with E-state index in [0.29, 0.717) is 10.7 Å². The fourth-order valence-corrected chi connectivity index (χ4v) is 2.14. The highest BCUT2D eigenvalue weighted by atomic mass is 79.9. The zero-order valence-corrected chi connectivity index (χ0v) is 10.9. The standard InChI is InChI=1S/C11H8BrClN2O2/c12-8-3-1-2-4-9(8)15-11(13)7(6-14-15)5-10(16)17/h1-4,6H,5H2,(H,16,17). The first-order valence-corrected chi connectivity index (χ1v) is 5.96. The second-order valence-electron chi connectivity index (χ2n) is 3.39. The second kappa shape index (κ2) is 4.89. The van der Waals surface area contributed by atoms with E-state index in [9.17, 15) is 4.79 Å². The molecule has 1 aromatic heterocycles. The van der Waals surface area contributed by atoms with E-state index in [1.54, 1.807) is 0 Å². The molecule has 88 valence electrons. The Morgan fingerprint density at radius 3 is 2.82 bits per heavy atom. The maximum Gasteiger partial charge on any atom is 0.307 e. The first-order chi connectivity index (χ1) is 8.09. The van der Waals surface area contributed by atoms with Crippen molar-refractivity contribution >= 4 is 33.5 Å². The number of hydrogen-bond donors (Lipinski definition) is 1. The van der Waals surface area contributed by atoms with E-state index in [2.05, 4.69) is 21.0 Å². The summed E-state index contributed by atoms with van der Waals surface area (Å²) >= 11 is 9.48. The number of aromatic nitrogens is 2. The maximum absolute atomic E-state index is 10.6. The number of nitrogens with zero attached hydrogens (tertiary/aromatic N) is 2. The van der Waals surface area contributed by atoms with E-state index in [1.165, 1.54) is 10.9 Å². The fraction of sp³-hybridized carbons (Fsp3) is 0.0909. The van der Waals surface area contributed by atoms with Crippen LogP contribution in [0.4, 0.5) is 0 Å². The van der Waals surface area contributed by atoms with Gasteiger partial charge in [-0.3, -0.25) is 4.79 Å². The van der Waals surface area contributed by atoms with E-state index in [-0.39, 0.29) is 6.42 Å². The summed E-state index contributed by atoms with van der Waals surface area (Å²) < 4.78 is 2.34. The molecular weight excluding hydrogens is 307 g/mol. The van der Waals surface area contributed by atoms with Gasteiger partial charge in [-0.05, 0) is 28.1 Å². The third-order valence-electron chi connectivity index (χ3n) is 2.20. The highest BCUT2D eigenvalue weighted by molar-refractivity contribution is 9.10. The Balaban J connectivity index is 2.44. The zero-order valence-electron chi connectivity index (χ0n) is 8.60. The number of halogens is 2. The molecular formula is C11H8BrClN2O2. The summed E-state index contributed by atoms with van der Waals surface area (Å²) in [5.74, 6) is -0.932. The molecule has 1 aromatic carbocycles. The lowest BCUT2D eigenvalue weighted by Gasteiger charge is -2.05. The molecule has 0 aliphatic carbocycles. The van der Waals surface area contributed by atoms with Gasteiger partial charge in [-0.2, -0.15) is 5.10 Å². The molecule has 0 aliphatic heterocycles. The van der Waals surface area contributed by atoms with Gasteiger partial charge >= 0.3 is 5.97 Å². The van der Waals surface area contributed by atoms with Gasteiger partial charge in [-0.1, -0.05) is 23.7 Å². The molecule has 0 unspecified atom stereocenters. The Bertz CT molecular complexity index is 568. The number of para-hydroxylation sites is 1. The molecule has 0 amide bonds. The van der Waals surface area contributed by atoms with Crippen LogP contribution in [0.5, 0.6) is 0 Å².